The second-order valence-electron chi connectivity index (χ2n) is 7.93. The van der Waals surface area contributed by atoms with Gasteiger partial charge in [-0.2, -0.15) is 18.9 Å². The summed E-state index contributed by atoms with van der Waals surface area (Å²) in [6.45, 7) is -1.13. The highest BCUT2D eigenvalue weighted by molar-refractivity contribution is 6.06. The van der Waals surface area contributed by atoms with Crippen molar-refractivity contribution in [2.24, 2.45) is 5.10 Å². The summed E-state index contributed by atoms with van der Waals surface area (Å²) in [6, 6.07) is 16.4. The quantitative estimate of drug-likeness (QED) is 0.431. The van der Waals surface area contributed by atoms with Crippen LogP contribution in [-0.4, -0.2) is 47.5 Å². The van der Waals surface area contributed by atoms with Gasteiger partial charge >= 0.3 is 12.7 Å². The van der Waals surface area contributed by atoms with Gasteiger partial charge in [-0.15, -0.1) is 0 Å². The summed E-state index contributed by atoms with van der Waals surface area (Å²) in [5.41, 5.74) is 2.41. The van der Waals surface area contributed by atoms with Crippen molar-refractivity contribution >= 4 is 23.4 Å². The van der Waals surface area contributed by atoms with E-state index in [9.17, 15) is 18.4 Å². The Morgan fingerprint density at radius 3 is 2.57 bits per heavy atom. The fourth-order valence-corrected chi connectivity index (χ4v) is 3.68. The third-order valence-electron chi connectivity index (χ3n) is 5.48. The first kappa shape index (κ1) is 25.5. The van der Waals surface area contributed by atoms with Gasteiger partial charge in [0, 0.05) is 17.4 Å². The number of alkyl halides is 2. The molecule has 0 saturated heterocycles. The van der Waals surface area contributed by atoms with Gasteiger partial charge < -0.3 is 19.5 Å². The second-order valence-corrected chi connectivity index (χ2v) is 7.93. The molecule has 0 aliphatic carbocycles. The van der Waals surface area contributed by atoms with Crippen LogP contribution in [0.15, 0.2) is 72.0 Å². The molecule has 4 rings (SSSR count). The lowest BCUT2D eigenvalue weighted by atomic mass is 10.0. The summed E-state index contributed by atoms with van der Waals surface area (Å²) in [5, 5.41) is 8.39. The number of hydrazone groups is 1. The third kappa shape index (κ3) is 6.18. The first-order valence-corrected chi connectivity index (χ1v) is 11.4. The van der Waals surface area contributed by atoms with Gasteiger partial charge in [0.05, 0.1) is 13.7 Å². The van der Waals surface area contributed by atoms with Crippen molar-refractivity contribution in [3.05, 3.63) is 83.7 Å². The lowest BCUT2D eigenvalue weighted by molar-refractivity contribution is -0.0512. The Morgan fingerprint density at radius 1 is 1.14 bits per heavy atom. The molecular weight excluding hydrogens is 486 g/mol. The molecule has 2 heterocycles. The molecule has 1 aromatic heterocycles. The average Bonchev–Trinajstić information content (AvgIpc) is 2.90. The molecule has 1 aliphatic heterocycles. The van der Waals surface area contributed by atoms with E-state index < -0.39 is 18.8 Å². The van der Waals surface area contributed by atoms with E-state index in [0.29, 0.717) is 23.4 Å². The minimum Gasteiger partial charge on any atom is -0.493 e. The fraction of sp³-hybridized carbons (Fsp3) is 0.231. The molecule has 192 valence electrons. The summed E-state index contributed by atoms with van der Waals surface area (Å²) in [7, 11) is 1.35. The van der Waals surface area contributed by atoms with Crippen LogP contribution in [0, 0.1) is 0 Å². The minimum absolute atomic E-state index is 0.0871. The number of benzene rings is 2. The molecule has 37 heavy (non-hydrogen) atoms. The summed E-state index contributed by atoms with van der Waals surface area (Å²) in [6.07, 6.45) is 0.660. The van der Waals surface area contributed by atoms with Gasteiger partial charge in [-0.1, -0.05) is 25.1 Å². The van der Waals surface area contributed by atoms with E-state index >= 15 is 0 Å². The number of pyridine rings is 1. The number of carbonyl (C=O) groups excluding carboxylic acids is 2. The van der Waals surface area contributed by atoms with Gasteiger partial charge in [0.1, 0.15) is 17.5 Å². The number of rotatable bonds is 9. The molecule has 1 N–H and O–H groups in total. The first-order chi connectivity index (χ1) is 17.9. The minimum atomic E-state index is -3.04. The van der Waals surface area contributed by atoms with E-state index in [4.69, 9.17) is 9.47 Å². The van der Waals surface area contributed by atoms with Crippen LogP contribution in [0.2, 0.25) is 0 Å². The number of amides is 2. The Hall–Kier alpha value is -4.54. The number of cyclic esters (lactones) is 1. The Kier molecular flexibility index (Phi) is 7.92. The predicted octanol–water partition coefficient (Wildman–Crippen LogP) is 5.08. The first-order valence-electron chi connectivity index (χ1n) is 11.4. The number of ether oxygens (including phenoxy) is 3. The molecule has 2 amide bonds. The van der Waals surface area contributed by atoms with Gasteiger partial charge in [0.15, 0.2) is 11.5 Å². The Morgan fingerprint density at radius 2 is 1.92 bits per heavy atom. The summed E-state index contributed by atoms with van der Waals surface area (Å²) in [4.78, 5) is 28.9. The highest BCUT2D eigenvalue weighted by Gasteiger charge is 2.31. The maximum Gasteiger partial charge on any atom is 0.431 e. The highest BCUT2D eigenvalue weighted by Crippen LogP contribution is 2.31. The van der Waals surface area contributed by atoms with E-state index in [-0.39, 0.29) is 29.6 Å². The number of nitrogens with one attached hydrogen (secondary N) is 1. The topological polar surface area (TPSA) is 102 Å². The Balaban J connectivity index is 1.53. The molecule has 9 nitrogen and oxygen atoms in total. The maximum atomic E-state index is 12.9. The second kappa shape index (κ2) is 11.5. The Labute approximate surface area is 211 Å². The molecule has 3 aromatic rings. The standard InChI is InChI=1S/C26H24F2N4O5/c1-3-20-23(17-9-12-21(35-2)22(14-17)36-25(27)28)31-32(26(34)37-20)15-16-7-10-18(11-8-16)30-24(33)19-6-4-5-13-29-19/h4-14,20,25H,3,15H2,1-2H3,(H,30,33). The smallest absolute Gasteiger partial charge is 0.431 e. The van der Waals surface area contributed by atoms with Crippen molar-refractivity contribution in [2.75, 3.05) is 12.4 Å². The van der Waals surface area contributed by atoms with Crippen molar-refractivity contribution in [1.29, 1.82) is 0 Å². The van der Waals surface area contributed by atoms with Gasteiger partial charge in [0.25, 0.3) is 5.91 Å². The highest BCUT2D eigenvalue weighted by atomic mass is 19.3. The zero-order valence-corrected chi connectivity index (χ0v) is 20.1. The molecule has 1 atom stereocenters. The maximum absolute atomic E-state index is 12.9. The molecule has 0 radical (unpaired) electrons. The van der Waals surface area contributed by atoms with Crippen molar-refractivity contribution in [2.45, 2.75) is 32.6 Å². The summed E-state index contributed by atoms with van der Waals surface area (Å²) < 4.78 is 41.0. The zero-order valence-electron chi connectivity index (χ0n) is 20.1. The van der Waals surface area contributed by atoms with Crippen LogP contribution < -0.4 is 14.8 Å². The largest absolute Gasteiger partial charge is 0.493 e. The van der Waals surface area contributed by atoms with Gasteiger partial charge in [-0.3, -0.25) is 9.78 Å². The monoisotopic (exact) mass is 510 g/mol. The molecule has 1 unspecified atom stereocenters. The number of nitrogens with zero attached hydrogens (tertiary/aromatic N) is 3. The number of methoxy groups -OCH3 is 1. The van der Waals surface area contributed by atoms with Gasteiger partial charge in [-0.05, 0) is 54.4 Å². The fourth-order valence-electron chi connectivity index (χ4n) is 3.68. The van der Waals surface area contributed by atoms with Crippen molar-refractivity contribution in [1.82, 2.24) is 9.99 Å². The molecule has 2 aromatic carbocycles. The van der Waals surface area contributed by atoms with Crippen LogP contribution in [0.25, 0.3) is 0 Å². The van der Waals surface area contributed by atoms with Crippen LogP contribution >= 0.6 is 0 Å². The molecule has 1 aliphatic rings. The van der Waals surface area contributed by atoms with Crippen LogP contribution in [-0.2, 0) is 11.3 Å². The number of hydrogen-bond acceptors (Lipinski definition) is 7. The van der Waals surface area contributed by atoms with Gasteiger partial charge in [-0.25, -0.2) is 4.79 Å². The summed E-state index contributed by atoms with van der Waals surface area (Å²) >= 11 is 0. The SMILES string of the molecule is CCC1OC(=O)N(Cc2ccc(NC(=O)c3ccccn3)cc2)N=C1c1ccc(OC)c(OC(F)F)c1. The lowest BCUT2D eigenvalue weighted by Crippen LogP contribution is -2.41. The zero-order chi connectivity index (χ0) is 26.4. The number of anilines is 1. The van der Waals surface area contributed by atoms with E-state index in [1.165, 1.54) is 25.4 Å². The van der Waals surface area contributed by atoms with Crippen LogP contribution in [0.5, 0.6) is 11.5 Å². The predicted molar refractivity (Wildman–Crippen MR) is 131 cm³/mol. The average molecular weight is 510 g/mol. The van der Waals surface area contributed by atoms with Crippen molar-refractivity contribution in [3.63, 3.8) is 0 Å². The van der Waals surface area contributed by atoms with E-state index in [1.54, 1.807) is 48.5 Å². The summed E-state index contributed by atoms with van der Waals surface area (Å²) in [5.74, 6) is -0.362. The van der Waals surface area contributed by atoms with Crippen LogP contribution in [0.3, 0.4) is 0 Å². The molecule has 0 spiro atoms. The third-order valence-corrected chi connectivity index (χ3v) is 5.48. The number of halogens is 2. The van der Waals surface area contributed by atoms with Crippen molar-refractivity contribution in [3.8, 4) is 11.5 Å². The number of hydrogen-bond donors (Lipinski definition) is 1. The normalized spacial score (nSPS) is 15.2. The van der Waals surface area contributed by atoms with E-state index in [0.717, 1.165) is 10.6 Å². The molecule has 0 fully saturated rings. The van der Waals surface area contributed by atoms with E-state index in [2.05, 4.69) is 20.1 Å². The van der Waals surface area contributed by atoms with Crippen molar-refractivity contribution < 1.29 is 32.6 Å². The Bertz CT molecular complexity index is 1290. The number of carbonyl (C=O) groups is 2. The number of aromatic nitrogens is 1. The lowest BCUT2D eigenvalue weighted by Gasteiger charge is -2.29. The molecule has 0 saturated carbocycles. The van der Waals surface area contributed by atoms with E-state index in [1.807, 2.05) is 6.92 Å². The van der Waals surface area contributed by atoms with Crippen LogP contribution in [0.1, 0.15) is 35.0 Å². The molecule has 11 heteroatoms. The van der Waals surface area contributed by atoms with Gasteiger partial charge in [0.2, 0.25) is 0 Å². The van der Waals surface area contributed by atoms with Crippen LogP contribution in [0.4, 0.5) is 19.3 Å². The molecule has 0 bridgehead atoms. The molecular formula is C26H24F2N4O5.